The Balaban J connectivity index is 1.70. The van der Waals surface area contributed by atoms with Gasteiger partial charge in [-0.05, 0) is 51.2 Å². The SMILES string of the molecule is CCOC(=O)C(c1ncn2c1CCC21CC1)n1cc2c(C(F)(F)F)cc(Br)c(C)c2n1. The number of aryl methyl sites for hydroxylation is 1. The van der Waals surface area contributed by atoms with Crippen LogP contribution in [0, 0.1) is 6.92 Å². The molecule has 0 bridgehead atoms. The zero-order valence-corrected chi connectivity index (χ0v) is 18.5. The summed E-state index contributed by atoms with van der Waals surface area (Å²) in [5.41, 5.74) is 1.48. The molecule has 31 heavy (non-hydrogen) atoms. The van der Waals surface area contributed by atoms with Crippen LogP contribution in [0.25, 0.3) is 10.9 Å². The van der Waals surface area contributed by atoms with E-state index in [9.17, 15) is 18.0 Å². The van der Waals surface area contributed by atoms with Gasteiger partial charge in [-0.3, -0.25) is 4.68 Å². The number of rotatable bonds is 4. The minimum atomic E-state index is -4.56. The fraction of sp³-hybridized carbons (Fsp3) is 0.476. The van der Waals surface area contributed by atoms with Gasteiger partial charge in [-0.1, -0.05) is 15.9 Å². The molecule has 2 aromatic heterocycles. The first-order valence-electron chi connectivity index (χ1n) is 10.1. The Morgan fingerprint density at radius 3 is 2.74 bits per heavy atom. The van der Waals surface area contributed by atoms with Crippen molar-refractivity contribution in [3.8, 4) is 0 Å². The normalized spacial score (nSPS) is 17.9. The number of benzene rings is 1. The lowest BCUT2D eigenvalue weighted by Gasteiger charge is -2.15. The highest BCUT2D eigenvalue weighted by Crippen LogP contribution is 2.52. The molecule has 1 aliphatic carbocycles. The van der Waals surface area contributed by atoms with Gasteiger partial charge >= 0.3 is 12.1 Å². The molecule has 1 unspecified atom stereocenters. The molecular formula is C21H20BrF3N4O2. The standard InChI is InChI=1S/C21H20BrF3N4O2/c1-3-31-19(30)18(17-15-4-5-20(6-7-20)28(15)10-26-17)29-9-12-13(21(23,24)25)8-14(22)11(2)16(12)27-29/h8-10,18H,3-7H2,1-2H3. The number of aromatic nitrogens is 4. The topological polar surface area (TPSA) is 61.9 Å². The molecule has 1 spiro atoms. The number of ether oxygens (including phenoxy) is 1. The van der Waals surface area contributed by atoms with Gasteiger partial charge in [-0.15, -0.1) is 0 Å². The van der Waals surface area contributed by atoms with Crippen molar-refractivity contribution in [2.45, 2.75) is 57.3 Å². The molecule has 0 amide bonds. The molecule has 164 valence electrons. The van der Waals surface area contributed by atoms with Crippen molar-refractivity contribution in [3.05, 3.63) is 45.6 Å². The minimum Gasteiger partial charge on any atom is -0.464 e. The average molecular weight is 497 g/mol. The van der Waals surface area contributed by atoms with E-state index in [2.05, 4.69) is 30.6 Å². The van der Waals surface area contributed by atoms with Crippen molar-refractivity contribution < 1.29 is 22.7 Å². The maximum Gasteiger partial charge on any atom is 0.417 e. The van der Waals surface area contributed by atoms with E-state index in [1.165, 1.54) is 10.9 Å². The van der Waals surface area contributed by atoms with Gasteiger partial charge in [0.2, 0.25) is 0 Å². The highest BCUT2D eigenvalue weighted by atomic mass is 79.9. The molecule has 1 aromatic carbocycles. The van der Waals surface area contributed by atoms with Crippen LogP contribution in [-0.4, -0.2) is 31.9 Å². The van der Waals surface area contributed by atoms with Gasteiger partial charge < -0.3 is 9.30 Å². The van der Waals surface area contributed by atoms with Crippen LogP contribution < -0.4 is 0 Å². The van der Waals surface area contributed by atoms with Gasteiger partial charge in [0.25, 0.3) is 0 Å². The van der Waals surface area contributed by atoms with Crippen LogP contribution in [0.2, 0.25) is 0 Å². The second-order valence-corrected chi connectivity index (χ2v) is 9.08. The lowest BCUT2D eigenvalue weighted by atomic mass is 10.1. The third kappa shape index (κ3) is 3.09. The van der Waals surface area contributed by atoms with Crippen molar-refractivity contribution in [1.82, 2.24) is 19.3 Å². The number of halogens is 4. The van der Waals surface area contributed by atoms with Gasteiger partial charge in [0.15, 0.2) is 6.04 Å². The van der Waals surface area contributed by atoms with E-state index in [0.717, 1.165) is 37.4 Å². The Kier molecular flexibility index (Phi) is 4.52. The molecule has 1 atom stereocenters. The Morgan fingerprint density at radius 2 is 2.10 bits per heavy atom. The first kappa shape index (κ1) is 20.5. The predicted octanol–water partition coefficient (Wildman–Crippen LogP) is 4.91. The van der Waals surface area contributed by atoms with E-state index in [1.54, 1.807) is 20.2 Å². The molecule has 6 nitrogen and oxygen atoms in total. The van der Waals surface area contributed by atoms with E-state index in [0.29, 0.717) is 15.7 Å². The maximum absolute atomic E-state index is 13.7. The molecular weight excluding hydrogens is 477 g/mol. The highest BCUT2D eigenvalue weighted by molar-refractivity contribution is 9.10. The van der Waals surface area contributed by atoms with Crippen LogP contribution in [0.4, 0.5) is 13.2 Å². The first-order valence-corrected chi connectivity index (χ1v) is 10.9. The third-order valence-electron chi connectivity index (χ3n) is 6.41. The highest BCUT2D eigenvalue weighted by Gasteiger charge is 2.50. The van der Waals surface area contributed by atoms with E-state index in [1.807, 2.05) is 0 Å². The summed E-state index contributed by atoms with van der Waals surface area (Å²) in [5.74, 6) is -0.584. The molecule has 0 N–H and O–H groups in total. The third-order valence-corrected chi connectivity index (χ3v) is 7.23. The molecule has 3 aromatic rings. The van der Waals surface area contributed by atoms with Crippen LogP contribution in [0.5, 0.6) is 0 Å². The number of esters is 1. The lowest BCUT2D eigenvalue weighted by molar-refractivity contribution is -0.146. The van der Waals surface area contributed by atoms with Gasteiger partial charge in [0.05, 0.1) is 29.7 Å². The second-order valence-electron chi connectivity index (χ2n) is 8.23. The molecule has 1 aliphatic heterocycles. The zero-order chi connectivity index (χ0) is 22.1. The molecule has 0 radical (unpaired) electrons. The number of carbonyl (C=O) groups is 1. The number of hydrogen-bond donors (Lipinski definition) is 0. The van der Waals surface area contributed by atoms with Crippen LogP contribution >= 0.6 is 15.9 Å². The molecule has 0 saturated heterocycles. The zero-order valence-electron chi connectivity index (χ0n) is 17.0. The number of nitrogens with zero attached hydrogens (tertiary/aromatic N) is 4. The van der Waals surface area contributed by atoms with Crippen LogP contribution in [0.15, 0.2) is 23.1 Å². The molecule has 2 aliphatic rings. The minimum absolute atomic E-state index is 0.0583. The van der Waals surface area contributed by atoms with Gasteiger partial charge in [-0.2, -0.15) is 18.3 Å². The molecule has 5 rings (SSSR count). The summed E-state index contributed by atoms with van der Waals surface area (Å²) in [6.45, 7) is 3.53. The summed E-state index contributed by atoms with van der Waals surface area (Å²) in [6, 6.07) is 0.00516. The molecule has 1 fully saturated rings. The molecule has 10 heteroatoms. The Bertz CT molecular complexity index is 1210. The Hall–Kier alpha value is -2.36. The van der Waals surface area contributed by atoms with E-state index >= 15 is 0 Å². The molecule has 3 heterocycles. The monoisotopic (exact) mass is 496 g/mol. The van der Waals surface area contributed by atoms with Gasteiger partial charge in [0, 0.05) is 27.3 Å². The number of imidazole rings is 1. The fourth-order valence-corrected chi connectivity index (χ4v) is 5.02. The smallest absolute Gasteiger partial charge is 0.417 e. The summed E-state index contributed by atoms with van der Waals surface area (Å²) in [6.07, 6.45) is 2.37. The Labute approximate surface area is 184 Å². The summed E-state index contributed by atoms with van der Waals surface area (Å²) in [7, 11) is 0. The van der Waals surface area contributed by atoms with E-state index < -0.39 is 23.8 Å². The number of fused-ring (bicyclic) bond motifs is 3. The molecule has 1 saturated carbocycles. The fourth-order valence-electron chi connectivity index (χ4n) is 4.60. The maximum atomic E-state index is 13.7. The van der Waals surface area contributed by atoms with Crippen molar-refractivity contribution >= 4 is 32.8 Å². The first-order chi connectivity index (χ1) is 14.7. The average Bonchev–Trinajstić information content (AvgIpc) is 3.02. The lowest BCUT2D eigenvalue weighted by Crippen LogP contribution is -2.25. The number of carbonyl (C=O) groups excluding carboxylic acids is 1. The van der Waals surface area contributed by atoms with Crippen molar-refractivity contribution in [1.29, 1.82) is 0 Å². The predicted molar refractivity (Wildman–Crippen MR) is 110 cm³/mol. The van der Waals surface area contributed by atoms with Crippen LogP contribution in [0.1, 0.15) is 54.7 Å². The van der Waals surface area contributed by atoms with Crippen LogP contribution in [0.3, 0.4) is 0 Å². The Morgan fingerprint density at radius 1 is 1.35 bits per heavy atom. The summed E-state index contributed by atoms with van der Waals surface area (Å²) >= 11 is 3.20. The summed E-state index contributed by atoms with van der Waals surface area (Å²) in [5, 5.41) is 4.36. The van der Waals surface area contributed by atoms with Crippen molar-refractivity contribution in [3.63, 3.8) is 0 Å². The number of alkyl halides is 3. The summed E-state index contributed by atoms with van der Waals surface area (Å²) in [4.78, 5) is 17.5. The second kappa shape index (κ2) is 6.82. The van der Waals surface area contributed by atoms with Gasteiger partial charge in [0.1, 0.15) is 0 Å². The van der Waals surface area contributed by atoms with E-state index in [4.69, 9.17) is 4.74 Å². The quantitative estimate of drug-likeness (QED) is 0.481. The van der Waals surface area contributed by atoms with Crippen LogP contribution in [-0.2, 0) is 27.7 Å². The van der Waals surface area contributed by atoms with Gasteiger partial charge in [-0.25, -0.2) is 9.78 Å². The van der Waals surface area contributed by atoms with Crippen molar-refractivity contribution in [2.24, 2.45) is 0 Å². The van der Waals surface area contributed by atoms with Crippen molar-refractivity contribution in [2.75, 3.05) is 6.61 Å². The number of hydrogen-bond acceptors (Lipinski definition) is 4. The largest absolute Gasteiger partial charge is 0.464 e. The summed E-state index contributed by atoms with van der Waals surface area (Å²) < 4.78 is 50.1. The van der Waals surface area contributed by atoms with E-state index in [-0.39, 0.29) is 23.0 Å².